The van der Waals surface area contributed by atoms with Gasteiger partial charge in [0.1, 0.15) is 33.2 Å². The van der Waals surface area contributed by atoms with Crippen molar-refractivity contribution in [2.45, 2.75) is 0 Å². The lowest BCUT2D eigenvalue weighted by Crippen LogP contribution is -1.97. The van der Waals surface area contributed by atoms with Crippen LogP contribution < -0.4 is 11.1 Å². The molecule has 0 aliphatic carbocycles. The molecule has 5 aromatic rings. The number of rotatable bonds is 6. The molecule has 2 N–H and O–H groups in total. The highest BCUT2D eigenvalue weighted by atomic mass is 32.1. The highest BCUT2D eigenvalue weighted by Crippen LogP contribution is 2.35. The maximum absolute atomic E-state index is 10.6. The Balaban J connectivity index is 1.52. The van der Waals surface area contributed by atoms with Crippen LogP contribution in [0.15, 0.2) is 24.5 Å². The lowest BCUT2D eigenvalue weighted by Gasteiger charge is -1.88. The SMILES string of the molecule is O=CPc1ncc(-c2nc3cc4sc(-c5cnc(PC=O)[nH]5)nc4cc3s2)[nH]1. The molecular formula is C16H10N6O2P2S2. The van der Waals surface area contributed by atoms with Gasteiger partial charge in [-0.1, -0.05) is 0 Å². The van der Waals surface area contributed by atoms with Crippen molar-refractivity contribution in [1.82, 2.24) is 29.9 Å². The summed E-state index contributed by atoms with van der Waals surface area (Å²) in [6, 6.07) is 5.75. The van der Waals surface area contributed by atoms with Gasteiger partial charge in [-0.25, -0.2) is 19.9 Å². The van der Waals surface area contributed by atoms with Crippen LogP contribution in [0.25, 0.3) is 41.8 Å². The lowest BCUT2D eigenvalue weighted by atomic mass is 10.3. The van der Waals surface area contributed by atoms with Crippen molar-refractivity contribution in [3.05, 3.63) is 24.5 Å². The average Bonchev–Trinajstić information content (AvgIpc) is 3.45. The molecule has 2 atom stereocenters. The summed E-state index contributed by atoms with van der Waals surface area (Å²) in [5, 5.41) is 1.66. The zero-order chi connectivity index (χ0) is 19.1. The van der Waals surface area contributed by atoms with E-state index in [2.05, 4.69) is 19.9 Å². The van der Waals surface area contributed by atoms with Gasteiger partial charge < -0.3 is 9.97 Å². The fourth-order valence-corrected chi connectivity index (χ4v) is 5.50. The van der Waals surface area contributed by atoms with Crippen molar-refractivity contribution in [1.29, 1.82) is 0 Å². The molecule has 0 aliphatic heterocycles. The fourth-order valence-electron chi connectivity index (χ4n) is 2.70. The van der Waals surface area contributed by atoms with E-state index in [1.807, 2.05) is 12.1 Å². The molecule has 0 spiro atoms. The first-order valence-corrected chi connectivity index (χ1v) is 11.7. The van der Waals surface area contributed by atoms with E-state index in [4.69, 9.17) is 9.97 Å². The number of thiazole rings is 2. The minimum absolute atomic E-state index is 0.0133. The molecule has 1 aromatic carbocycles. The summed E-state index contributed by atoms with van der Waals surface area (Å²) in [7, 11) is 0.0265. The number of H-pyrrole nitrogens is 2. The number of hydrogen-bond acceptors (Lipinski definition) is 8. The van der Waals surface area contributed by atoms with E-state index in [1.165, 1.54) is 0 Å². The van der Waals surface area contributed by atoms with Gasteiger partial charge >= 0.3 is 0 Å². The maximum Gasteiger partial charge on any atom is 0.146 e. The van der Waals surface area contributed by atoms with Crippen LogP contribution in [0.5, 0.6) is 0 Å². The van der Waals surface area contributed by atoms with E-state index in [1.54, 1.807) is 35.1 Å². The second-order valence-corrected chi connectivity index (χ2v) is 9.70. The number of hydrogen-bond donors (Lipinski definition) is 2. The van der Waals surface area contributed by atoms with Crippen LogP contribution in [0.1, 0.15) is 0 Å². The number of benzene rings is 1. The van der Waals surface area contributed by atoms with Crippen molar-refractivity contribution in [2.75, 3.05) is 0 Å². The Labute approximate surface area is 168 Å². The fraction of sp³-hybridized carbons (Fsp3) is 0. The maximum atomic E-state index is 10.6. The summed E-state index contributed by atoms with van der Waals surface area (Å²) in [5.74, 6) is 0. The molecule has 0 bridgehead atoms. The third-order valence-electron chi connectivity index (χ3n) is 3.90. The van der Waals surface area contributed by atoms with E-state index in [0.29, 0.717) is 11.1 Å². The molecule has 138 valence electrons. The smallest absolute Gasteiger partial charge is 0.146 e. The molecule has 2 unspecified atom stereocenters. The summed E-state index contributed by atoms with van der Waals surface area (Å²) in [4.78, 5) is 45.4. The number of nitrogens with one attached hydrogen (secondary N) is 2. The number of aromatic nitrogens is 6. The summed E-state index contributed by atoms with van der Waals surface area (Å²) < 4.78 is 2.06. The Kier molecular flexibility index (Phi) is 4.56. The molecule has 5 rings (SSSR count). The second-order valence-electron chi connectivity index (χ2n) is 5.64. The van der Waals surface area contributed by atoms with Crippen molar-refractivity contribution in [2.24, 2.45) is 0 Å². The van der Waals surface area contributed by atoms with Crippen LogP contribution in [0.4, 0.5) is 0 Å². The summed E-state index contributed by atoms with van der Waals surface area (Å²) in [6.45, 7) is 0. The quantitative estimate of drug-likeness (QED) is 0.307. The average molecular weight is 444 g/mol. The van der Waals surface area contributed by atoms with Crippen molar-refractivity contribution < 1.29 is 9.59 Å². The molecule has 0 aliphatic rings. The van der Waals surface area contributed by atoms with Crippen LogP contribution in [-0.4, -0.2) is 42.0 Å². The van der Waals surface area contributed by atoms with Crippen LogP contribution in [0.2, 0.25) is 0 Å². The van der Waals surface area contributed by atoms with Gasteiger partial charge in [-0.15, -0.1) is 22.7 Å². The van der Waals surface area contributed by atoms with E-state index >= 15 is 0 Å². The normalized spacial score (nSPS) is 12.3. The Hall–Kier alpha value is -2.38. The van der Waals surface area contributed by atoms with Crippen LogP contribution in [-0.2, 0) is 9.59 Å². The minimum atomic E-state index is 0.0133. The number of fused-ring (bicyclic) bond motifs is 2. The van der Waals surface area contributed by atoms with E-state index in [0.717, 1.165) is 53.9 Å². The predicted molar refractivity (Wildman–Crippen MR) is 117 cm³/mol. The summed E-state index contributed by atoms with van der Waals surface area (Å²) in [5.41, 5.74) is 4.72. The number of aromatic amines is 2. The van der Waals surface area contributed by atoms with Gasteiger partial charge in [-0.2, -0.15) is 0 Å². The third-order valence-corrected chi connectivity index (χ3v) is 7.30. The molecule has 0 amide bonds. The molecule has 8 nitrogen and oxygen atoms in total. The number of imidazole rings is 2. The molecule has 28 heavy (non-hydrogen) atoms. The molecule has 4 heterocycles. The number of nitrogens with zero attached hydrogens (tertiary/aromatic N) is 4. The number of carbonyl (C=O) groups excluding carboxylic acids is 2. The van der Waals surface area contributed by atoms with Crippen LogP contribution >= 0.6 is 39.8 Å². The molecule has 12 heteroatoms. The van der Waals surface area contributed by atoms with Gasteiger partial charge in [-0.05, 0) is 12.1 Å². The Morgan fingerprint density at radius 1 is 0.786 bits per heavy atom. The first-order chi connectivity index (χ1) is 13.7. The van der Waals surface area contributed by atoms with Crippen molar-refractivity contribution >= 4 is 83.5 Å². The highest BCUT2D eigenvalue weighted by Gasteiger charge is 2.14. The van der Waals surface area contributed by atoms with Gasteiger partial charge in [0.05, 0.1) is 44.2 Å². The zero-order valence-electron chi connectivity index (χ0n) is 13.9. The summed E-state index contributed by atoms with van der Waals surface area (Å²) >= 11 is 3.10. The molecule has 0 saturated carbocycles. The van der Waals surface area contributed by atoms with E-state index in [-0.39, 0.29) is 17.2 Å². The second kappa shape index (κ2) is 7.22. The Morgan fingerprint density at radius 3 is 1.68 bits per heavy atom. The number of carbonyl (C=O) groups is 2. The van der Waals surface area contributed by atoms with Crippen LogP contribution in [0, 0.1) is 0 Å². The monoisotopic (exact) mass is 444 g/mol. The zero-order valence-corrected chi connectivity index (χ0v) is 17.5. The van der Waals surface area contributed by atoms with Gasteiger partial charge in [0.25, 0.3) is 0 Å². The molecule has 0 fully saturated rings. The Bertz CT molecular complexity index is 1190. The lowest BCUT2D eigenvalue weighted by molar-refractivity contribution is 0.569. The van der Waals surface area contributed by atoms with Crippen molar-refractivity contribution in [3.63, 3.8) is 0 Å². The van der Waals surface area contributed by atoms with Crippen LogP contribution in [0.3, 0.4) is 0 Å². The van der Waals surface area contributed by atoms with E-state index in [9.17, 15) is 9.59 Å². The van der Waals surface area contributed by atoms with Gasteiger partial charge in [0.15, 0.2) is 0 Å². The predicted octanol–water partition coefficient (Wildman–Crippen LogP) is 2.67. The topological polar surface area (TPSA) is 117 Å². The first kappa shape index (κ1) is 17.7. The molecule has 0 saturated heterocycles. The highest BCUT2D eigenvalue weighted by molar-refractivity contribution is 7.62. The first-order valence-electron chi connectivity index (χ1n) is 7.96. The molecule has 4 aromatic heterocycles. The standard InChI is InChI=1S/C16H10N6O2P2S2/c23-5-25-15-17-3-9(21-15)13-19-7-1-11-8(2-12(7)28-13)20-14(27-11)10-4-18-16(22-10)26-6-24/h1-6,25-26H,(H,17,21)(H,18,22). The van der Waals surface area contributed by atoms with E-state index < -0.39 is 0 Å². The largest absolute Gasteiger partial charge is 0.336 e. The van der Waals surface area contributed by atoms with Gasteiger partial charge in [-0.3, -0.25) is 9.59 Å². The Morgan fingerprint density at radius 2 is 1.25 bits per heavy atom. The summed E-state index contributed by atoms with van der Waals surface area (Å²) in [6.07, 6.45) is 3.41. The van der Waals surface area contributed by atoms with Gasteiger partial charge in [0.2, 0.25) is 0 Å². The van der Waals surface area contributed by atoms with Crippen molar-refractivity contribution in [3.8, 4) is 21.4 Å². The molecular weight excluding hydrogens is 434 g/mol. The van der Waals surface area contributed by atoms with Gasteiger partial charge in [0, 0.05) is 17.2 Å². The minimum Gasteiger partial charge on any atom is -0.336 e. The molecule has 0 radical (unpaired) electrons. The third kappa shape index (κ3) is 3.18.